The molecule has 0 heterocycles. The zero-order valence-electron chi connectivity index (χ0n) is 11.0. The van der Waals surface area contributed by atoms with Crippen molar-refractivity contribution in [2.45, 2.75) is 40.2 Å². The highest BCUT2D eigenvalue weighted by molar-refractivity contribution is 5.15. The van der Waals surface area contributed by atoms with E-state index in [2.05, 4.69) is 63.3 Å². The van der Waals surface area contributed by atoms with Crippen LogP contribution >= 0.6 is 0 Å². The first-order valence-electron chi connectivity index (χ1n) is 6.42. The van der Waals surface area contributed by atoms with Gasteiger partial charge in [0, 0.05) is 6.04 Å². The number of hydrogen-bond acceptors (Lipinski definition) is 1. The van der Waals surface area contributed by atoms with E-state index in [0.717, 1.165) is 6.54 Å². The van der Waals surface area contributed by atoms with E-state index >= 15 is 0 Å². The van der Waals surface area contributed by atoms with Gasteiger partial charge in [-0.2, -0.15) is 0 Å². The lowest BCUT2D eigenvalue weighted by Crippen LogP contribution is -2.37. The largest absolute Gasteiger partial charge is 0.314 e. The molecular formula is C15H25N. The van der Waals surface area contributed by atoms with Gasteiger partial charge in [0.05, 0.1) is 0 Å². The fourth-order valence-electron chi connectivity index (χ4n) is 2.35. The van der Waals surface area contributed by atoms with Crippen molar-refractivity contribution in [3.05, 3.63) is 35.9 Å². The minimum atomic E-state index is 0.588. The molecule has 1 heteroatoms. The highest BCUT2D eigenvalue weighted by Gasteiger charge is 2.20. The normalized spacial score (nSPS) is 15.1. The Bertz CT molecular complexity index is 279. The van der Waals surface area contributed by atoms with Crippen LogP contribution < -0.4 is 5.32 Å². The van der Waals surface area contributed by atoms with Crippen molar-refractivity contribution in [2.75, 3.05) is 6.54 Å². The van der Waals surface area contributed by atoms with Gasteiger partial charge < -0.3 is 5.32 Å². The predicted molar refractivity (Wildman–Crippen MR) is 71.6 cm³/mol. The molecule has 0 aliphatic carbocycles. The van der Waals surface area contributed by atoms with Crippen LogP contribution in [0.3, 0.4) is 0 Å². The van der Waals surface area contributed by atoms with E-state index in [9.17, 15) is 0 Å². The molecule has 2 atom stereocenters. The molecule has 0 amide bonds. The molecule has 1 N–H and O–H groups in total. The molecule has 90 valence electrons. The Kier molecular flexibility index (Phi) is 5.54. The summed E-state index contributed by atoms with van der Waals surface area (Å²) in [6.45, 7) is 10.2. The van der Waals surface area contributed by atoms with Gasteiger partial charge in [0.25, 0.3) is 0 Å². The third-order valence-electron chi connectivity index (χ3n) is 3.34. The highest BCUT2D eigenvalue weighted by Crippen LogP contribution is 2.20. The smallest absolute Gasteiger partial charge is 0.00725 e. The molecule has 2 unspecified atom stereocenters. The summed E-state index contributed by atoms with van der Waals surface area (Å²) in [7, 11) is 0. The molecule has 1 nitrogen and oxygen atoms in total. The van der Waals surface area contributed by atoms with Crippen LogP contribution in [-0.4, -0.2) is 12.6 Å². The molecular weight excluding hydrogens is 194 g/mol. The Morgan fingerprint density at radius 1 is 1.06 bits per heavy atom. The van der Waals surface area contributed by atoms with Crippen LogP contribution in [0.25, 0.3) is 0 Å². The summed E-state index contributed by atoms with van der Waals surface area (Å²) < 4.78 is 0. The quantitative estimate of drug-likeness (QED) is 0.772. The lowest BCUT2D eigenvalue weighted by Gasteiger charge is -2.28. The van der Waals surface area contributed by atoms with Crippen LogP contribution in [0.1, 0.15) is 33.3 Å². The van der Waals surface area contributed by atoms with Crippen LogP contribution in [0, 0.1) is 11.8 Å². The molecule has 0 aromatic heterocycles. The van der Waals surface area contributed by atoms with E-state index in [1.54, 1.807) is 0 Å². The summed E-state index contributed by atoms with van der Waals surface area (Å²) in [5.74, 6) is 1.43. The van der Waals surface area contributed by atoms with Crippen molar-refractivity contribution >= 4 is 0 Å². The molecule has 0 aliphatic rings. The van der Waals surface area contributed by atoms with Crippen LogP contribution in [0.15, 0.2) is 30.3 Å². The molecule has 1 aromatic carbocycles. The number of nitrogens with one attached hydrogen (secondary N) is 1. The van der Waals surface area contributed by atoms with E-state index in [1.165, 1.54) is 12.0 Å². The standard InChI is InChI=1S/C15H25N/c1-5-16-13(4)15(12(2)3)11-14-9-7-6-8-10-14/h6-10,12-13,15-16H,5,11H2,1-4H3. The van der Waals surface area contributed by atoms with Gasteiger partial charge in [0.2, 0.25) is 0 Å². The number of rotatable bonds is 6. The summed E-state index contributed by atoms with van der Waals surface area (Å²) in [4.78, 5) is 0. The van der Waals surface area contributed by atoms with E-state index in [-0.39, 0.29) is 0 Å². The summed E-state index contributed by atoms with van der Waals surface area (Å²) in [6.07, 6.45) is 1.17. The monoisotopic (exact) mass is 219 g/mol. The number of benzene rings is 1. The average molecular weight is 219 g/mol. The molecule has 0 fully saturated rings. The van der Waals surface area contributed by atoms with Gasteiger partial charge in [-0.3, -0.25) is 0 Å². The van der Waals surface area contributed by atoms with Crippen molar-refractivity contribution in [1.29, 1.82) is 0 Å². The van der Waals surface area contributed by atoms with E-state index < -0.39 is 0 Å². The minimum absolute atomic E-state index is 0.588. The van der Waals surface area contributed by atoms with Crippen LogP contribution in [0.4, 0.5) is 0 Å². The summed E-state index contributed by atoms with van der Waals surface area (Å²) in [5.41, 5.74) is 1.45. The predicted octanol–water partition coefficient (Wildman–Crippen LogP) is 3.50. The first kappa shape index (κ1) is 13.2. The highest BCUT2D eigenvalue weighted by atomic mass is 14.9. The molecule has 16 heavy (non-hydrogen) atoms. The van der Waals surface area contributed by atoms with Gasteiger partial charge in [-0.05, 0) is 37.3 Å². The van der Waals surface area contributed by atoms with E-state index in [1.807, 2.05) is 0 Å². The van der Waals surface area contributed by atoms with Gasteiger partial charge in [-0.25, -0.2) is 0 Å². The molecule has 0 bridgehead atoms. The second-order valence-corrected chi connectivity index (χ2v) is 4.94. The SMILES string of the molecule is CCNC(C)C(Cc1ccccc1)C(C)C. The fraction of sp³-hybridized carbons (Fsp3) is 0.600. The lowest BCUT2D eigenvalue weighted by atomic mass is 9.84. The zero-order valence-corrected chi connectivity index (χ0v) is 11.0. The molecule has 1 rings (SSSR count). The van der Waals surface area contributed by atoms with Gasteiger partial charge in [-0.1, -0.05) is 51.1 Å². The van der Waals surface area contributed by atoms with Crippen molar-refractivity contribution in [2.24, 2.45) is 11.8 Å². The van der Waals surface area contributed by atoms with E-state index in [0.29, 0.717) is 17.9 Å². The maximum atomic E-state index is 3.55. The van der Waals surface area contributed by atoms with Crippen molar-refractivity contribution < 1.29 is 0 Å². The first-order valence-corrected chi connectivity index (χ1v) is 6.42. The van der Waals surface area contributed by atoms with E-state index in [4.69, 9.17) is 0 Å². The maximum absolute atomic E-state index is 3.55. The van der Waals surface area contributed by atoms with Crippen molar-refractivity contribution in [3.63, 3.8) is 0 Å². The Hall–Kier alpha value is -0.820. The van der Waals surface area contributed by atoms with Gasteiger partial charge >= 0.3 is 0 Å². The maximum Gasteiger partial charge on any atom is 0.00725 e. The third-order valence-corrected chi connectivity index (χ3v) is 3.34. The second kappa shape index (κ2) is 6.70. The summed E-state index contributed by atoms with van der Waals surface area (Å²) in [6, 6.07) is 11.4. The van der Waals surface area contributed by atoms with Gasteiger partial charge in [-0.15, -0.1) is 0 Å². The average Bonchev–Trinajstić information content (AvgIpc) is 2.27. The molecule has 0 saturated heterocycles. The molecule has 0 radical (unpaired) electrons. The zero-order chi connectivity index (χ0) is 12.0. The third kappa shape index (κ3) is 3.97. The van der Waals surface area contributed by atoms with Crippen LogP contribution in [0.2, 0.25) is 0 Å². The molecule has 0 saturated carbocycles. The Labute approximate surface area is 100 Å². The van der Waals surface area contributed by atoms with Gasteiger partial charge in [0.15, 0.2) is 0 Å². The number of hydrogen-bond donors (Lipinski definition) is 1. The second-order valence-electron chi connectivity index (χ2n) is 4.94. The molecule has 0 spiro atoms. The van der Waals surface area contributed by atoms with Gasteiger partial charge in [0.1, 0.15) is 0 Å². The Balaban J connectivity index is 2.65. The van der Waals surface area contributed by atoms with Crippen LogP contribution in [0.5, 0.6) is 0 Å². The lowest BCUT2D eigenvalue weighted by molar-refractivity contribution is 0.292. The summed E-state index contributed by atoms with van der Waals surface area (Å²) >= 11 is 0. The van der Waals surface area contributed by atoms with Crippen molar-refractivity contribution in [1.82, 2.24) is 5.32 Å². The first-order chi connectivity index (χ1) is 7.65. The Morgan fingerprint density at radius 2 is 1.69 bits per heavy atom. The minimum Gasteiger partial charge on any atom is -0.314 e. The topological polar surface area (TPSA) is 12.0 Å². The summed E-state index contributed by atoms with van der Waals surface area (Å²) in [5, 5.41) is 3.55. The molecule has 0 aliphatic heterocycles. The molecule has 1 aromatic rings. The Morgan fingerprint density at radius 3 is 2.19 bits per heavy atom. The van der Waals surface area contributed by atoms with Crippen LogP contribution in [-0.2, 0) is 6.42 Å². The van der Waals surface area contributed by atoms with Crippen molar-refractivity contribution in [3.8, 4) is 0 Å². The fourth-order valence-corrected chi connectivity index (χ4v) is 2.35.